The number of hydrogen-bond acceptors (Lipinski definition) is 6. The van der Waals surface area contributed by atoms with Gasteiger partial charge in [-0.2, -0.15) is 0 Å². The van der Waals surface area contributed by atoms with Crippen LogP contribution in [0.25, 0.3) is 0 Å². The fourth-order valence-electron chi connectivity index (χ4n) is 1.34. The number of nitrogens with one attached hydrogen (secondary N) is 1. The number of sulfone groups is 1. The molecule has 3 N–H and O–H groups in total. The van der Waals surface area contributed by atoms with Gasteiger partial charge >= 0.3 is 0 Å². The first-order chi connectivity index (χ1) is 8.39. The molecule has 1 aromatic rings. The minimum Gasteiger partial charge on any atom is -0.397 e. The number of ketones is 1. The highest BCUT2D eigenvalue weighted by Gasteiger charge is 2.13. The molecule has 0 aliphatic carbocycles. The fraction of sp³-hybridized carbons (Fsp3) is 0.545. The smallest absolute Gasteiger partial charge is 0.174 e. The van der Waals surface area contributed by atoms with Gasteiger partial charge in [0, 0.05) is 18.7 Å². The second kappa shape index (κ2) is 6.19. The van der Waals surface area contributed by atoms with E-state index in [2.05, 4.69) is 5.32 Å². The molecule has 0 fully saturated rings. The van der Waals surface area contributed by atoms with Crippen molar-refractivity contribution < 1.29 is 13.2 Å². The van der Waals surface area contributed by atoms with Crippen LogP contribution in [0.1, 0.15) is 29.9 Å². The Bertz CT molecular complexity index is 520. The maximum Gasteiger partial charge on any atom is 0.174 e. The minimum absolute atomic E-state index is 0.00623. The molecule has 0 radical (unpaired) electrons. The van der Waals surface area contributed by atoms with Gasteiger partial charge in [-0.15, -0.1) is 11.3 Å². The third-order valence-corrected chi connectivity index (χ3v) is 5.34. The first kappa shape index (κ1) is 15.0. The van der Waals surface area contributed by atoms with Gasteiger partial charge in [0.1, 0.15) is 0 Å². The van der Waals surface area contributed by atoms with Gasteiger partial charge in [0.05, 0.1) is 21.3 Å². The molecule has 102 valence electrons. The molecule has 18 heavy (non-hydrogen) atoms. The van der Waals surface area contributed by atoms with E-state index >= 15 is 0 Å². The Morgan fingerprint density at radius 1 is 1.44 bits per heavy atom. The van der Waals surface area contributed by atoms with Crippen molar-refractivity contribution in [2.75, 3.05) is 29.1 Å². The average Bonchev–Trinajstić information content (AvgIpc) is 2.69. The van der Waals surface area contributed by atoms with Crippen LogP contribution in [0.15, 0.2) is 6.07 Å². The number of nitrogens with two attached hydrogens (primary N) is 1. The molecule has 1 heterocycles. The molecule has 0 atom stereocenters. The van der Waals surface area contributed by atoms with E-state index in [4.69, 9.17) is 5.73 Å². The molecular weight excluding hydrogens is 272 g/mol. The highest BCUT2D eigenvalue weighted by atomic mass is 32.2. The summed E-state index contributed by atoms with van der Waals surface area (Å²) in [5.74, 6) is 0.228. The second-order valence-electron chi connectivity index (χ2n) is 3.83. The quantitative estimate of drug-likeness (QED) is 0.747. The van der Waals surface area contributed by atoms with Gasteiger partial charge in [0.25, 0.3) is 0 Å². The van der Waals surface area contributed by atoms with Gasteiger partial charge in [-0.25, -0.2) is 8.42 Å². The fourth-order valence-corrected chi connectivity index (χ4v) is 3.06. The molecule has 5 nitrogen and oxygen atoms in total. The van der Waals surface area contributed by atoms with Crippen LogP contribution in [0.5, 0.6) is 0 Å². The van der Waals surface area contributed by atoms with Gasteiger partial charge in [0.2, 0.25) is 0 Å². The molecule has 0 spiro atoms. The Morgan fingerprint density at radius 3 is 2.67 bits per heavy atom. The molecule has 1 rings (SSSR count). The number of carbonyl (C=O) groups excluding carboxylic acids is 1. The lowest BCUT2D eigenvalue weighted by Gasteiger charge is -2.02. The van der Waals surface area contributed by atoms with Crippen molar-refractivity contribution in [3.8, 4) is 0 Å². The zero-order chi connectivity index (χ0) is 13.8. The Labute approximate surface area is 111 Å². The number of rotatable bonds is 7. The third-order valence-electron chi connectivity index (χ3n) is 2.49. The predicted molar refractivity (Wildman–Crippen MR) is 76.2 cm³/mol. The molecule has 0 unspecified atom stereocenters. The standard InChI is InChI=1S/C11H18N2O3S2/c1-3-9(14)11-8(12)7-10(17-11)13-5-6-18(15,16)4-2/h7,13H,3-6,12H2,1-2H3. The van der Waals surface area contributed by atoms with Gasteiger partial charge in [-0.3, -0.25) is 4.79 Å². The maximum atomic E-state index is 11.5. The van der Waals surface area contributed by atoms with E-state index in [1.165, 1.54) is 11.3 Å². The van der Waals surface area contributed by atoms with Crippen molar-refractivity contribution in [2.24, 2.45) is 0 Å². The predicted octanol–water partition coefficient (Wildman–Crippen LogP) is 1.77. The summed E-state index contributed by atoms with van der Waals surface area (Å²) in [6.07, 6.45) is 0.411. The lowest BCUT2D eigenvalue weighted by atomic mass is 10.2. The average molecular weight is 290 g/mol. The van der Waals surface area contributed by atoms with Crippen LogP contribution in [0.2, 0.25) is 0 Å². The van der Waals surface area contributed by atoms with E-state index in [-0.39, 0.29) is 17.3 Å². The Kier molecular flexibility index (Phi) is 5.15. The van der Waals surface area contributed by atoms with Gasteiger partial charge in [0.15, 0.2) is 15.6 Å². The van der Waals surface area contributed by atoms with Crippen LogP contribution < -0.4 is 11.1 Å². The van der Waals surface area contributed by atoms with Crippen LogP contribution >= 0.6 is 11.3 Å². The van der Waals surface area contributed by atoms with Crippen LogP contribution in [-0.4, -0.2) is 32.3 Å². The van der Waals surface area contributed by atoms with E-state index in [1.807, 2.05) is 0 Å². The summed E-state index contributed by atoms with van der Waals surface area (Å²) in [6, 6.07) is 1.67. The van der Waals surface area contributed by atoms with E-state index in [0.717, 1.165) is 5.00 Å². The van der Waals surface area contributed by atoms with Crippen molar-refractivity contribution in [1.29, 1.82) is 0 Å². The molecule has 7 heteroatoms. The van der Waals surface area contributed by atoms with E-state index in [1.54, 1.807) is 19.9 Å². The van der Waals surface area contributed by atoms with Gasteiger partial charge < -0.3 is 11.1 Å². The minimum atomic E-state index is -2.97. The van der Waals surface area contributed by atoms with Crippen molar-refractivity contribution in [2.45, 2.75) is 20.3 Å². The number of anilines is 2. The summed E-state index contributed by atoms with van der Waals surface area (Å²) in [5, 5.41) is 3.71. The molecular formula is C11H18N2O3S2. The van der Waals surface area contributed by atoms with E-state index < -0.39 is 9.84 Å². The molecule has 0 bridgehead atoms. The lowest BCUT2D eigenvalue weighted by molar-refractivity contribution is 0.0993. The molecule has 0 aliphatic rings. The second-order valence-corrected chi connectivity index (χ2v) is 7.36. The highest BCUT2D eigenvalue weighted by Crippen LogP contribution is 2.30. The Morgan fingerprint density at radius 2 is 2.11 bits per heavy atom. The molecule has 0 saturated heterocycles. The largest absolute Gasteiger partial charge is 0.397 e. The normalized spacial score (nSPS) is 11.4. The van der Waals surface area contributed by atoms with Crippen LogP contribution in [0, 0.1) is 0 Å². The summed E-state index contributed by atoms with van der Waals surface area (Å²) in [5.41, 5.74) is 6.18. The first-order valence-corrected chi connectivity index (χ1v) is 8.40. The molecule has 0 amide bonds. The molecule has 0 aliphatic heterocycles. The highest BCUT2D eigenvalue weighted by molar-refractivity contribution is 7.91. The van der Waals surface area contributed by atoms with Crippen molar-refractivity contribution >= 4 is 37.6 Å². The van der Waals surface area contributed by atoms with Crippen LogP contribution in [-0.2, 0) is 9.84 Å². The van der Waals surface area contributed by atoms with Gasteiger partial charge in [-0.05, 0) is 6.07 Å². The number of Topliss-reactive ketones (excluding diaryl/α,β-unsaturated/α-hetero) is 1. The third kappa shape index (κ3) is 3.99. The van der Waals surface area contributed by atoms with Crippen LogP contribution in [0.3, 0.4) is 0 Å². The van der Waals surface area contributed by atoms with Gasteiger partial charge in [-0.1, -0.05) is 13.8 Å². The lowest BCUT2D eigenvalue weighted by Crippen LogP contribution is -2.16. The first-order valence-electron chi connectivity index (χ1n) is 5.76. The summed E-state index contributed by atoms with van der Waals surface area (Å²) in [4.78, 5) is 12.1. The zero-order valence-electron chi connectivity index (χ0n) is 10.5. The number of hydrogen-bond donors (Lipinski definition) is 2. The summed E-state index contributed by atoms with van der Waals surface area (Å²) < 4.78 is 22.6. The Hall–Kier alpha value is -1.08. The number of nitrogen functional groups attached to an aromatic ring is 1. The summed E-state index contributed by atoms with van der Waals surface area (Å²) >= 11 is 1.27. The van der Waals surface area contributed by atoms with Crippen molar-refractivity contribution in [3.63, 3.8) is 0 Å². The van der Waals surface area contributed by atoms with Crippen LogP contribution in [0.4, 0.5) is 10.7 Å². The van der Waals surface area contributed by atoms with Crippen molar-refractivity contribution in [1.82, 2.24) is 0 Å². The summed E-state index contributed by atoms with van der Waals surface area (Å²) in [7, 11) is -2.97. The topological polar surface area (TPSA) is 89.3 Å². The Balaban J connectivity index is 2.62. The molecule has 0 aromatic carbocycles. The van der Waals surface area contributed by atoms with Crippen molar-refractivity contribution in [3.05, 3.63) is 10.9 Å². The summed E-state index contributed by atoms with van der Waals surface area (Å²) in [6.45, 7) is 3.73. The number of thiophene rings is 1. The monoisotopic (exact) mass is 290 g/mol. The molecule has 1 aromatic heterocycles. The zero-order valence-corrected chi connectivity index (χ0v) is 12.2. The number of carbonyl (C=O) groups is 1. The maximum absolute atomic E-state index is 11.5. The van der Waals surface area contributed by atoms with E-state index in [0.29, 0.717) is 23.5 Å². The van der Waals surface area contributed by atoms with E-state index in [9.17, 15) is 13.2 Å². The SMILES string of the molecule is CCC(=O)c1sc(NCCS(=O)(=O)CC)cc1N. The molecule has 0 saturated carbocycles.